The quantitative estimate of drug-likeness (QED) is 0.309. The third-order valence-corrected chi connectivity index (χ3v) is 7.37. The smallest absolute Gasteiger partial charge is 0.258 e. The lowest BCUT2D eigenvalue weighted by Gasteiger charge is -2.36. The van der Waals surface area contributed by atoms with E-state index in [1.54, 1.807) is 24.3 Å². The number of piperazine rings is 1. The predicted octanol–water partition coefficient (Wildman–Crippen LogP) is 6.86. The monoisotopic (exact) mass is 610 g/mol. The molecule has 35 heavy (non-hydrogen) atoms. The number of nitrogens with one attached hydrogen (secondary N) is 2. The Bertz CT molecular complexity index is 1250. The van der Waals surface area contributed by atoms with Gasteiger partial charge in [-0.1, -0.05) is 68.9 Å². The van der Waals surface area contributed by atoms with Gasteiger partial charge in [-0.3, -0.25) is 15.0 Å². The normalized spacial score (nSPS) is 14.0. The molecular weight excluding hydrogens is 591 g/mol. The number of hydrogen-bond acceptors (Lipinski definition) is 4. The maximum absolute atomic E-state index is 12.5. The predicted molar refractivity (Wildman–Crippen MR) is 153 cm³/mol. The topological polar surface area (TPSA) is 47.6 Å². The van der Waals surface area contributed by atoms with E-state index >= 15 is 0 Å². The van der Waals surface area contributed by atoms with Gasteiger partial charge < -0.3 is 10.2 Å². The summed E-state index contributed by atoms with van der Waals surface area (Å²) in [6.07, 6.45) is 0. The van der Waals surface area contributed by atoms with Crippen LogP contribution >= 0.6 is 63.0 Å². The molecule has 3 aromatic carbocycles. The molecule has 10 heteroatoms. The number of carbonyl (C=O) groups excluding carboxylic acids is 1. The second-order valence-electron chi connectivity index (χ2n) is 8.05. The highest BCUT2D eigenvalue weighted by atomic mass is 79.9. The first kappa shape index (κ1) is 26.2. The lowest BCUT2D eigenvalue weighted by Crippen LogP contribution is -2.46. The molecule has 0 aromatic heterocycles. The van der Waals surface area contributed by atoms with Crippen LogP contribution in [-0.4, -0.2) is 42.1 Å². The molecule has 4 rings (SSSR count). The molecule has 0 bridgehead atoms. The number of nitrogens with zero attached hydrogens (tertiary/aromatic N) is 2. The lowest BCUT2D eigenvalue weighted by atomic mass is 10.2. The number of hydrogen-bond donors (Lipinski definition) is 2. The number of carbonyl (C=O) groups is 1. The molecule has 3 aromatic rings. The molecule has 0 atom stereocenters. The van der Waals surface area contributed by atoms with Gasteiger partial charge in [0, 0.05) is 47.9 Å². The zero-order valence-corrected chi connectivity index (χ0v) is 23.2. The van der Waals surface area contributed by atoms with Crippen LogP contribution in [0.2, 0.25) is 15.1 Å². The van der Waals surface area contributed by atoms with E-state index in [9.17, 15) is 4.79 Å². The molecule has 1 fully saturated rings. The minimum Gasteiger partial charge on any atom is -0.368 e. The van der Waals surface area contributed by atoms with E-state index in [-0.39, 0.29) is 5.11 Å². The van der Waals surface area contributed by atoms with E-state index in [2.05, 4.69) is 42.4 Å². The van der Waals surface area contributed by atoms with Crippen LogP contribution in [0.4, 0.5) is 11.4 Å². The maximum atomic E-state index is 12.5. The molecule has 1 saturated heterocycles. The third-order valence-electron chi connectivity index (χ3n) is 5.67. The number of halogens is 4. The van der Waals surface area contributed by atoms with E-state index in [0.29, 0.717) is 21.3 Å². The highest BCUT2D eigenvalue weighted by molar-refractivity contribution is 9.10. The van der Waals surface area contributed by atoms with Crippen molar-refractivity contribution < 1.29 is 4.79 Å². The molecule has 1 amide bonds. The fourth-order valence-electron chi connectivity index (χ4n) is 3.86. The number of benzene rings is 3. The summed E-state index contributed by atoms with van der Waals surface area (Å²) in [4.78, 5) is 17.2. The number of anilines is 2. The average Bonchev–Trinajstić information content (AvgIpc) is 2.83. The van der Waals surface area contributed by atoms with Gasteiger partial charge in [0.05, 0.1) is 21.3 Å². The average molecular weight is 613 g/mol. The van der Waals surface area contributed by atoms with Crippen molar-refractivity contribution in [2.24, 2.45) is 0 Å². The third kappa shape index (κ3) is 6.88. The van der Waals surface area contributed by atoms with Crippen LogP contribution in [0, 0.1) is 0 Å². The van der Waals surface area contributed by atoms with E-state index < -0.39 is 5.91 Å². The van der Waals surface area contributed by atoms with Gasteiger partial charge in [0.1, 0.15) is 0 Å². The Kier molecular flexibility index (Phi) is 8.92. The first-order valence-electron chi connectivity index (χ1n) is 10.9. The zero-order chi connectivity index (χ0) is 24.9. The molecule has 1 aliphatic heterocycles. The van der Waals surface area contributed by atoms with Crippen molar-refractivity contribution in [3.05, 3.63) is 91.3 Å². The van der Waals surface area contributed by atoms with Gasteiger partial charge in [-0.25, -0.2) is 0 Å². The molecule has 182 valence electrons. The fraction of sp³-hybridized carbons (Fsp3) is 0.200. The van der Waals surface area contributed by atoms with Crippen LogP contribution in [-0.2, 0) is 6.54 Å². The Morgan fingerprint density at radius 3 is 2.37 bits per heavy atom. The number of amides is 1. The first-order chi connectivity index (χ1) is 16.8. The van der Waals surface area contributed by atoms with Crippen molar-refractivity contribution in [3.63, 3.8) is 0 Å². The van der Waals surface area contributed by atoms with Crippen LogP contribution in [0.25, 0.3) is 0 Å². The molecule has 1 heterocycles. The summed E-state index contributed by atoms with van der Waals surface area (Å²) in [5.74, 6) is -0.397. The van der Waals surface area contributed by atoms with Gasteiger partial charge in [0.15, 0.2) is 5.11 Å². The highest BCUT2D eigenvalue weighted by Crippen LogP contribution is 2.30. The van der Waals surface area contributed by atoms with Gasteiger partial charge in [0.25, 0.3) is 5.91 Å². The lowest BCUT2D eigenvalue weighted by molar-refractivity contribution is 0.0978. The Morgan fingerprint density at radius 1 is 0.914 bits per heavy atom. The number of thiocarbonyl (C=S) groups is 1. The second-order valence-corrected chi connectivity index (χ2v) is 10.6. The summed E-state index contributed by atoms with van der Waals surface area (Å²) >= 11 is 27.7. The molecule has 0 spiro atoms. The zero-order valence-electron chi connectivity index (χ0n) is 18.5. The van der Waals surface area contributed by atoms with Crippen molar-refractivity contribution in [3.8, 4) is 0 Å². The van der Waals surface area contributed by atoms with Gasteiger partial charge in [-0.15, -0.1) is 0 Å². The van der Waals surface area contributed by atoms with Crippen molar-refractivity contribution in [1.82, 2.24) is 10.2 Å². The van der Waals surface area contributed by atoms with Crippen LogP contribution in [0.15, 0.2) is 65.1 Å². The van der Waals surface area contributed by atoms with Crippen LogP contribution < -0.4 is 15.5 Å². The van der Waals surface area contributed by atoms with Crippen molar-refractivity contribution in [2.45, 2.75) is 6.54 Å². The van der Waals surface area contributed by atoms with Gasteiger partial charge in [0.2, 0.25) is 0 Å². The summed E-state index contributed by atoms with van der Waals surface area (Å²) < 4.78 is 0.748. The Labute approximate surface area is 233 Å². The summed E-state index contributed by atoms with van der Waals surface area (Å²) in [7, 11) is 0. The molecule has 0 radical (unpaired) electrons. The van der Waals surface area contributed by atoms with E-state index in [1.165, 1.54) is 0 Å². The van der Waals surface area contributed by atoms with Crippen molar-refractivity contribution >= 4 is 85.3 Å². The second kappa shape index (κ2) is 11.9. The van der Waals surface area contributed by atoms with Crippen LogP contribution in [0.1, 0.15) is 15.9 Å². The first-order valence-corrected chi connectivity index (χ1v) is 13.2. The van der Waals surface area contributed by atoms with Crippen LogP contribution in [0.5, 0.6) is 0 Å². The molecule has 0 unspecified atom stereocenters. The molecule has 1 aliphatic rings. The van der Waals surface area contributed by atoms with Gasteiger partial charge in [-0.2, -0.15) is 0 Å². The molecular formula is C25H22BrCl3N4OS. The van der Waals surface area contributed by atoms with Crippen LogP contribution in [0.3, 0.4) is 0 Å². The fourth-order valence-corrected chi connectivity index (χ4v) is 5.13. The van der Waals surface area contributed by atoms with E-state index in [0.717, 1.165) is 53.5 Å². The van der Waals surface area contributed by atoms with Gasteiger partial charge in [-0.05, 0) is 60.2 Å². The Hall–Kier alpha value is -1.87. The molecule has 2 N–H and O–H groups in total. The van der Waals surface area contributed by atoms with Crippen molar-refractivity contribution in [1.29, 1.82) is 0 Å². The highest BCUT2D eigenvalue weighted by Gasteiger charge is 2.20. The molecule has 5 nitrogen and oxygen atoms in total. The minimum atomic E-state index is -0.397. The SMILES string of the molecule is O=C(NC(=S)Nc1ccc(N2CCN(Cc3ccccc3Cl)CC2)c(Cl)c1)c1cc(Br)ccc1Cl. The summed E-state index contributed by atoms with van der Waals surface area (Å²) in [5, 5.41) is 7.56. The summed E-state index contributed by atoms with van der Waals surface area (Å²) in [6.45, 7) is 4.38. The standard InChI is InChI=1S/C25H22BrCl3N4OS/c26-17-5-7-21(28)19(13-17)24(34)31-25(35)30-18-6-8-23(22(29)14-18)33-11-9-32(10-12-33)15-16-3-1-2-4-20(16)27/h1-8,13-14H,9-12,15H2,(H2,30,31,34,35). The summed E-state index contributed by atoms with van der Waals surface area (Å²) in [6, 6.07) is 18.7. The van der Waals surface area contributed by atoms with E-state index in [4.69, 9.17) is 47.0 Å². The Morgan fingerprint density at radius 2 is 1.66 bits per heavy atom. The minimum absolute atomic E-state index is 0.156. The molecule has 0 saturated carbocycles. The Balaban J connectivity index is 1.32. The number of rotatable bonds is 5. The summed E-state index contributed by atoms with van der Waals surface area (Å²) in [5.41, 5.74) is 3.11. The largest absolute Gasteiger partial charge is 0.368 e. The van der Waals surface area contributed by atoms with Crippen molar-refractivity contribution in [2.75, 3.05) is 36.4 Å². The van der Waals surface area contributed by atoms with E-state index in [1.807, 2.05) is 30.3 Å². The van der Waals surface area contributed by atoms with Gasteiger partial charge >= 0.3 is 0 Å². The maximum Gasteiger partial charge on any atom is 0.258 e. The molecule has 0 aliphatic carbocycles.